The molecule has 1 aromatic carbocycles. The van der Waals surface area contributed by atoms with Gasteiger partial charge in [0.25, 0.3) is 0 Å². The van der Waals surface area contributed by atoms with Crippen molar-refractivity contribution in [3.8, 4) is 0 Å². The van der Waals surface area contributed by atoms with Gasteiger partial charge in [0.15, 0.2) is 6.10 Å². The second-order valence-corrected chi connectivity index (χ2v) is 5.86. The Morgan fingerprint density at radius 3 is 2.81 bits per heavy atom. The lowest BCUT2D eigenvalue weighted by Crippen LogP contribution is -2.50. The van der Waals surface area contributed by atoms with Gasteiger partial charge in [0.05, 0.1) is 6.61 Å². The first-order valence-electron chi connectivity index (χ1n) is 7.57. The van der Waals surface area contributed by atoms with Crippen LogP contribution in [0.5, 0.6) is 0 Å². The Hall–Kier alpha value is -1.43. The zero-order valence-corrected chi connectivity index (χ0v) is 12.1. The van der Waals surface area contributed by atoms with E-state index in [9.17, 15) is 4.79 Å². The second kappa shape index (κ2) is 6.56. The summed E-state index contributed by atoms with van der Waals surface area (Å²) in [5.41, 5.74) is 1.34. The standard InChI is InChI=1S/C16H22N2O3/c19-16(20)15-12-18(8-9-21-15)14-6-7-17(11-14)10-13-4-2-1-3-5-13/h1-5,14-15H,6-12H2,(H,19,20). The average Bonchev–Trinajstić information content (AvgIpc) is 2.97. The minimum atomic E-state index is -0.848. The first-order chi connectivity index (χ1) is 10.2. The third-order valence-electron chi connectivity index (χ3n) is 4.39. The Kier molecular flexibility index (Phi) is 4.53. The summed E-state index contributed by atoms with van der Waals surface area (Å²) >= 11 is 0. The van der Waals surface area contributed by atoms with E-state index in [1.54, 1.807) is 0 Å². The molecule has 2 atom stereocenters. The molecule has 2 heterocycles. The van der Waals surface area contributed by atoms with Gasteiger partial charge in [-0.2, -0.15) is 0 Å². The van der Waals surface area contributed by atoms with Crippen LogP contribution in [0, 0.1) is 0 Å². The van der Waals surface area contributed by atoms with Crippen LogP contribution in [-0.2, 0) is 16.1 Å². The molecule has 2 aliphatic rings. The Morgan fingerprint density at radius 2 is 2.05 bits per heavy atom. The quantitative estimate of drug-likeness (QED) is 0.898. The number of carbonyl (C=O) groups is 1. The van der Waals surface area contributed by atoms with Gasteiger partial charge < -0.3 is 9.84 Å². The molecule has 0 spiro atoms. The lowest BCUT2D eigenvalue weighted by Gasteiger charge is -2.35. The van der Waals surface area contributed by atoms with Crippen molar-refractivity contribution in [3.63, 3.8) is 0 Å². The van der Waals surface area contributed by atoms with Crippen LogP contribution in [0.1, 0.15) is 12.0 Å². The fraction of sp³-hybridized carbons (Fsp3) is 0.562. The summed E-state index contributed by atoms with van der Waals surface area (Å²) in [7, 11) is 0. The van der Waals surface area contributed by atoms with E-state index in [4.69, 9.17) is 9.84 Å². The van der Waals surface area contributed by atoms with Gasteiger partial charge >= 0.3 is 5.97 Å². The zero-order valence-electron chi connectivity index (χ0n) is 12.1. The van der Waals surface area contributed by atoms with E-state index in [1.165, 1.54) is 5.56 Å². The Morgan fingerprint density at radius 1 is 1.24 bits per heavy atom. The van der Waals surface area contributed by atoms with Crippen LogP contribution >= 0.6 is 0 Å². The van der Waals surface area contributed by atoms with E-state index in [-0.39, 0.29) is 0 Å². The highest BCUT2D eigenvalue weighted by Gasteiger charge is 2.33. The Balaban J connectivity index is 1.53. The highest BCUT2D eigenvalue weighted by Crippen LogP contribution is 2.20. The van der Waals surface area contributed by atoms with E-state index in [0.29, 0.717) is 19.2 Å². The molecular formula is C16H22N2O3. The largest absolute Gasteiger partial charge is 0.479 e. The molecule has 3 rings (SSSR count). The molecule has 1 N–H and O–H groups in total. The summed E-state index contributed by atoms with van der Waals surface area (Å²) in [4.78, 5) is 15.8. The van der Waals surface area contributed by atoms with Crippen molar-refractivity contribution in [2.75, 3.05) is 32.8 Å². The Bertz CT molecular complexity index is 480. The molecule has 21 heavy (non-hydrogen) atoms. The molecule has 0 radical (unpaired) electrons. The number of morpholine rings is 1. The third-order valence-corrected chi connectivity index (χ3v) is 4.39. The van der Waals surface area contributed by atoms with Gasteiger partial charge in [-0.15, -0.1) is 0 Å². The molecule has 2 unspecified atom stereocenters. The van der Waals surface area contributed by atoms with Gasteiger partial charge in [0.2, 0.25) is 0 Å². The van der Waals surface area contributed by atoms with Crippen LogP contribution in [0.4, 0.5) is 0 Å². The number of aliphatic carboxylic acids is 1. The van der Waals surface area contributed by atoms with Gasteiger partial charge in [0, 0.05) is 38.8 Å². The molecule has 1 aromatic rings. The van der Waals surface area contributed by atoms with Crippen LogP contribution in [0.2, 0.25) is 0 Å². The van der Waals surface area contributed by atoms with E-state index in [1.807, 2.05) is 6.07 Å². The highest BCUT2D eigenvalue weighted by molar-refractivity contribution is 5.72. The van der Waals surface area contributed by atoms with Crippen LogP contribution < -0.4 is 0 Å². The molecule has 2 fully saturated rings. The third kappa shape index (κ3) is 3.61. The van der Waals surface area contributed by atoms with Gasteiger partial charge in [-0.05, 0) is 12.0 Å². The lowest BCUT2D eigenvalue weighted by atomic mass is 10.1. The maximum absolute atomic E-state index is 11.1. The molecule has 0 aromatic heterocycles. The van der Waals surface area contributed by atoms with Crippen LogP contribution in [0.15, 0.2) is 30.3 Å². The van der Waals surface area contributed by atoms with Crippen molar-refractivity contribution in [2.24, 2.45) is 0 Å². The van der Waals surface area contributed by atoms with Gasteiger partial charge in [-0.3, -0.25) is 9.80 Å². The van der Waals surface area contributed by atoms with Crippen molar-refractivity contribution in [1.82, 2.24) is 9.80 Å². The number of hydrogen-bond donors (Lipinski definition) is 1. The van der Waals surface area contributed by atoms with E-state index >= 15 is 0 Å². The molecule has 114 valence electrons. The maximum atomic E-state index is 11.1. The molecule has 5 heteroatoms. The minimum Gasteiger partial charge on any atom is -0.479 e. The zero-order chi connectivity index (χ0) is 14.7. The predicted molar refractivity (Wildman–Crippen MR) is 79.1 cm³/mol. The number of nitrogens with zero attached hydrogens (tertiary/aromatic N) is 2. The summed E-state index contributed by atoms with van der Waals surface area (Å²) in [6, 6.07) is 10.9. The summed E-state index contributed by atoms with van der Waals surface area (Å²) < 4.78 is 5.30. The SMILES string of the molecule is O=C(O)C1CN(C2CCN(Cc3ccccc3)C2)CCO1. The molecular weight excluding hydrogens is 268 g/mol. The summed E-state index contributed by atoms with van der Waals surface area (Å²) in [6.45, 7) is 4.94. The van der Waals surface area contributed by atoms with Gasteiger partial charge in [-0.1, -0.05) is 30.3 Å². The summed E-state index contributed by atoms with van der Waals surface area (Å²) in [6.07, 6.45) is 0.445. The molecule has 0 aliphatic carbocycles. The topological polar surface area (TPSA) is 53.0 Å². The van der Waals surface area contributed by atoms with E-state index < -0.39 is 12.1 Å². The van der Waals surface area contributed by atoms with Crippen molar-refractivity contribution >= 4 is 5.97 Å². The number of ether oxygens (including phenoxy) is 1. The number of benzene rings is 1. The molecule has 0 amide bonds. The number of rotatable bonds is 4. The normalized spacial score (nSPS) is 27.8. The predicted octanol–water partition coefficient (Wildman–Crippen LogP) is 1.05. The van der Waals surface area contributed by atoms with Crippen molar-refractivity contribution in [2.45, 2.75) is 25.1 Å². The first-order valence-corrected chi connectivity index (χ1v) is 7.57. The smallest absolute Gasteiger partial charge is 0.334 e. The summed E-state index contributed by atoms with van der Waals surface area (Å²) in [5.74, 6) is -0.848. The van der Waals surface area contributed by atoms with E-state index in [0.717, 1.165) is 32.6 Å². The van der Waals surface area contributed by atoms with Gasteiger partial charge in [-0.25, -0.2) is 4.79 Å². The first kappa shape index (κ1) is 14.5. The molecule has 2 aliphatic heterocycles. The van der Waals surface area contributed by atoms with Gasteiger partial charge in [0.1, 0.15) is 0 Å². The monoisotopic (exact) mass is 290 g/mol. The second-order valence-electron chi connectivity index (χ2n) is 5.86. The fourth-order valence-electron chi connectivity index (χ4n) is 3.25. The Labute approximate surface area is 125 Å². The number of carboxylic acid groups (broad SMARTS) is 1. The van der Waals surface area contributed by atoms with Crippen LogP contribution in [0.3, 0.4) is 0 Å². The van der Waals surface area contributed by atoms with E-state index in [2.05, 4.69) is 34.1 Å². The number of hydrogen-bond acceptors (Lipinski definition) is 4. The number of likely N-dealkylation sites (tertiary alicyclic amines) is 1. The van der Waals surface area contributed by atoms with Crippen molar-refractivity contribution in [3.05, 3.63) is 35.9 Å². The highest BCUT2D eigenvalue weighted by atomic mass is 16.5. The summed E-state index contributed by atoms with van der Waals surface area (Å²) in [5, 5.41) is 9.08. The van der Waals surface area contributed by atoms with Crippen molar-refractivity contribution < 1.29 is 14.6 Å². The van der Waals surface area contributed by atoms with Crippen LogP contribution in [0.25, 0.3) is 0 Å². The lowest BCUT2D eigenvalue weighted by molar-refractivity contribution is -0.157. The molecule has 0 bridgehead atoms. The average molecular weight is 290 g/mol. The maximum Gasteiger partial charge on any atom is 0.334 e. The molecule has 0 saturated carbocycles. The van der Waals surface area contributed by atoms with Crippen LogP contribution in [-0.4, -0.2) is 65.8 Å². The molecule has 5 nitrogen and oxygen atoms in total. The molecule has 2 saturated heterocycles. The minimum absolute atomic E-state index is 0.458. The number of carboxylic acids is 1. The van der Waals surface area contributed by atoms with Crippen molar-refractivity contribution in [1.29, 1.82) is 0 Å². The fourth-order valence-corrected chi connectivity index (χ4v) is 3.25.